The molecule has 0 aliphatic carbocycles. The van der Waals surface area contributed by atoms with Crippen molar-refractivity contribution in [1.29, 1.82) is 0 Å². The molecule has 1 amide bonds. The predicted octanol–water partition coefficient (Wildman–Crippen LogP) is 1.29. The molecule has 20 heavy (non-hydrogen) atoms. The van der Waals surface area contributed by atoms with Crippen LogP contribution < -0.4 is 5.32 Å². The molecule has 2 heterocycles. The van der Waals surface area contributed by atoms with Crippen molar-refractivity contribution in [3.05, 3.63) is 36.2 Å². The topological polar surface area (TPSA) is 86.8 Å². The Kier molecular flexibility index (Phi) is 4.65. The lowest BCUT2D eigenvalue weighted by molar-refractivity contribution is 0.0782. The van der Waals surface area contributed by atoms with Crippen LogP contribution in [0.5, 0.6) is 0 Å². The van der Waals surface area contributed by atoms with E-state index in [1.165, 1.54) is 6.33 Å². The van der Waals surface area contributed by atoms with Crippen LogP contribution in [0.1, 0.15) is 29.5 Å². The van der Waals surface area contributed by atoms with Crippen LogP contribution in [-0.4, -0.2) is 44.6 Å². The lowest BCUT2D eigenvalue weighted by atomic mass is 10.2. The van der Waals surface area contributed by atoms with Gasteiger partial charge in [-0.05, 0) is 12.5 Å². The quantitative estimate of drug-likeness (QED) is 0.829. The van der Waals surface area contributed by atoms with Gasteiger partial charge in [0.05, 0.1) is 24.0 Å². The Morgan fingerprint density at radius 2 is 2.35 bits per heavy atom. The Bertz CT molecular complexity index is 554. The number of anilines is 1. The summed E-state index contributed by atoms with van der Waals surface area (Å²) in [7, 11) is 1.73. The molecule has 0 aliphatic heterocycles. The zero-order chi connectivity index (χ0) is 14.4. The lowest BCUT2D eigenvalue weighted by Crippen LogP contribution is -2.27. The highest BCUT2D eigenvalue weighted by atomic mass is 16.2. The minimum Gasteiger partial charge on any atom is -0.383 e. The second-order valence-electron chi connectivity index (χ2n) is 4.44. The van der Waals surface area contributed by atoms with Crippen LogP contribution in [0.3, 0.4) is 0 Å². The number of nitrogens with one attached hydrogen (secondary N) is 2. The molecule has 0 bridgehead atoms. The van der Waals surface area contributed by atoms with Crippen LogP contribution in [0.15, 0.2) is 24.8 Å². The minimum absolute atomic E-state index is 0.0811. The molecule has 106 valence electrons. The van der Waals surface area contributed by atoms with Crippen molar-refractivity contribution in [1.82, 2.24) is 25.1 Å². The van der Waals surface area contributed by atoms with E-state index in [1.807, 2.05) is 0 Å². The summed E-state index contributed by atoms with van der Waals surface area (Å²) in [6, 6.07) is 1.72. The number of nitrogens with zero attached hydrogens (tertiary/aromatic N) is 4. The van der Waals surface area contributed by atoms with Crippen LogP contribution in [0.25, 0.3) is 0 Å². The number of pyridine rings is 1. The first-order valence-corrected chi connectivity index (χ1v) is 6.50. The molecule has 0 saturated carbocycles. The second kappa shape index (κ2) is 6.65. The van der Waals surface area contributed by atoms with Crippen LogP contribution in [-0.2, 0) is 6.54 Å². The average Bonchev–Trinajstić information content (AvgIpc) is 2.97. The molecular formula is C13H18N6O. The molecule has 0 radical (unpaired) electrons. The van der Waals surface area contributed by atoms with Crippen molar-refractivity contribution in [2.75, 3.05) is 18.9 Å². The largest absolute Gasteiger partial charge is 0.383 e. The Hall–Kier alpha value is -2.44. The van der Waals surface area contributed by atoms with Crippen molar-refractivity contribution in [3.8, 4) is 0 Å². The summed E-state index contributed by atoms with van der Waals surface area (Å²) in [5.74, 6) is 0.570. The number of hydrogen-bond donors (Lipinski definition) is 2. The number of aromatic amines is 1. The molecule has 0 aliphatic rings. The molecule has 7 heteroatoms. The molecule has 0 unspecified atom stereocenters. The van der Waals surface area contributed by atoms with E-state index in [2.05, 4.69) is 32.4 Å². The van der Waals surface area contributed by atoms with E-state index >= 15 is 0 Å². The third-order valence-corrected chi connectivity index (χ3v) is 2.82. The summed E-state index contributed by atoms with van der Waals surface area (Å²) >= 11 is 0. The summed E-state index contributed by atoms with van der Waals surface area (Å²) in [6.45, 7) is 3.26. The number of aromatic nitrogens is 4. The molecule has 2 N–H and O–H groups in total. The highest BCUT2D eigenvalue weighted by Crippen LogP contribution is 2.16. The van der Waals surface area contributed by atoms with Crippen molar-refractivity contribution in [2.24, 2.45) is 0 Å². The van der Waals surface area contributed by atoms with Gasteiger partial charge in [-0.2, -0.15) is 5.10 Å². The molecule has 0 saturated heterocycles. The normalized spacial score (nSPS) is 10.3. The Morgan fingerprint density at radius 3 is 3.05 bits per heavy atom. The highest BCUT2D eigenvalue weighted by molar-refractivity contribution is 5.99. The summed E-state index contributed by atoms with van der Waals surface area (Å²) in [4.78, 5) is 22.1. The smallest absolute Gasteiger partial charge is 0.256 e. The lowest BCUT2D eigenvalue weighted by Gasteiger charge is -2.18. The van der Waals surface area contributed by atoms with E-state index < -0.39 is 0 Å². The van der Waals surface area contributed by atoms with Gasteiger partial charge in [0, 0.05) is 19.8 Å². The standard InChI is InChI=1S/C13H18N6O/c1-3-5-15-11-7-14-6-4-10(11)13(20)19(2)8-12-16-9-17-18-12/h4,6-7,9,15H,3,5,8H2,1-2H3,(H,16,17,18). The molecule has 7 nitrogen and oxygen atoms in total. The third-order valence-electron chi connectivity index (χ3n) is 2.82. The predicted molar refractivity (Wildman–Crippen MR) is 75.2 cm³/mol. The van der Waals surface area contributed by atoms with Crippen molar-refractivity contribution >= 4 is 11.6 Å². The Labute approximate surface area is 117 Å². The number of carbonyl (C=O) groups excluding carboxylic acids is 1. The zero-order valence-corrected chi connectivity index (χ0v) is 11.6. The van der Waals surface area contributed by atoms with Gasteiger partial charge in [-0.3, -0.25) is 14.9 Å². The van der Waals surface area contributed by atoms with Crippen molar-refractivity contribution < 1.29 is 4.79 Å². The highest BCUT2D eigenvalue weighted by Gasteiger charge is 2.16. The van der Waals surface area contributed by atoms with E-state index in [1.54, 1.807) is 30.4 Å². The van der Waals surface area contributed by atoms with Crippen LogP contribution in [0.2, 0.25) is 0 Å². The molecule has 2 rings (SSSR count). The first-order valence-electron chi connectivity index (χ1n) is 6.50. The fraction of sp³-hybridized carbons (Fsp3) is 0.385. The van der Waals surface area contributed by atoms with Crippen molar-refractivity contribution in [2.45, 2.75) is 19.9 Å². The second-order valence-corrected chi connectivity index (χ2v) is 4.44. The molecule has 0 fully saturated rings. The average molecular weight is 274 g/mol. The summed E-state index contributed by atoms with van der Waals surface area (Å²) in [6.07, 6.45) is 5.70. The summed E-state index contributed by atoms with van der Waals surface area (Å²) < 4.78 is 0. The molecule has 0 spiro atoms. The first-order chi connectivity index (χ1) is 9.72. The maximum Gasteiger partial charge on any atom is 0.256 e. The van der Waals surface area contributed by atoms with Gasteiger partial charge in [-0.1, -0.05) is 6.92 Å². The van der Waals surface area contributed by atoms with E-state index in [0.29, 0.717) is 17.9 Å². The SMILES string of the molecule is CCCNc1cnccc1C(=O)N(C)Cc1ncn[nH]1. The number of carbonyl (C=O) groups is 1. The van der Waals surface area contributed by atoms with Crippen LogP contribution >= 0.6 is 0 Å². The maximum atomic E-state index is 12.5. The van der Waals surface area contributed by atoms with Crippen LogP contribution in [0, 0.1) is 0 Å². The number of hydrogen-bond acceptors (Lipinski definition) is 5. The van der Waals surface area contributed by atoms with Gasteiger partial charge < -0.3 is 10.2 Å². The van der Waals surface area contributed by atoms with Gasteiger partial charge >= 0.3 is 0 Å². The molecule has 2 aromatic heterocycles. The minimum atomic E-state index is -0.0811. The van der Waals surface area contributed by atoms with Crippen LogP contribution in [0.4, 0.5) is 5.69 Å². The van der Waals surface area contributed by atoms with E-state index in [0.717, 1.165) is 18.7 Å². The fourth-order valence-corrected chi connectivity index (χ4v) is 1.79. The molecular weight excluding hydrogens is 256 g/mol. The van der Waals surface area contributed by atoms with E-state index in [4.69, 9.17) is 0 Å². The Morgan fingerprint density at radius 1 is 1.50 bits per heavy atom. The summed E-state index contributed by atoms with van der Waals surface area (Å²) in [5.41, 5.74) is 1.36. The van der Waals surface area contributed by atoms with Crippen molar-refractivity contribution in [3.63, 3.8) is 0 Å². The number of rotatable bonds is 6. The fourth-order valence-electron chi connectivity index (χ4n) is 1.79. The third kappa shape index (κ3) is 3.31. The van der Waals surface area contributed by atoms with E-state index in [-0.39, 0.29) is 5.91 Å². The van der Waals surface area contributed by atoms with Gasteiger partial charge in [0.2, 0.25) is 0 Å². The van der Waals surface area contributed by atoms with Gasteiger partial charge in [0.15, 0.2) is 0 Å². The number of H-pyrrole nitrogens is 1. The van der Waals surface area contributed by atoms with E-state index in [9.17, 15) is 4.79 Å². The molecule has 2 aromatic rings. The van der Waals surface area contributed by atoms with Gasteiger partial charge in [-0.15, -0.1) is 0 Å². The molecule has 0 aromatic carbocycles. The van der Waals surface area contributed by atoms with Gasteiger partial charge in [0.25, 0.3) is 5.91 Å². The monoisotopic (exact) mass is 274 g/mol. The molecule has 0 atom stereocenters. The maximum absolute atomic E-state index is 12.5. The Balaban J connectivity index is 2.11. The van der Waals surface area contributed by atoms with Gasteiger partial charge in [0.1, 0.15) is 12.2 Å². The summed E-state index contributed by atoms with van der Waals surface area (Å²) in [5, 5.41) is 9.72. The first kappa shape index (κ1) is 14.0. The van der Waals surface area contributed by atoms with Gasteiger partial charge in [-0.25, -0.2) is 4.98 Å². The number of amides is 1. The zero-order valence-electron chi connectivity index (χ0n) is 11.6.